The molecule has 4 nitrogen and oxygen atoms in total. The number of rotatable bonds is 2. The molecule has 0 atom stereocenters. The van der Waals surface area contributed by atoms with E-state index in [1.807, 2.05) is 30.9 Å². The molecule has 1 aromatic carbocycles. The average Bonchev–Trinajstić information content (AvgIpc) is 2.82. The minimum atomic E-state index is 0.0565. The lowest BCUT2D eigenvalue weighted by Gasteiger charge is -2.28. The van der Waals surface area contributed by atoms with Crippen LogP contribution in [0.3, 0.4) is 0 Å². The molecule has 20 heavy (non-hydrogen) atoms. The third-order valence-corrected chi connectivity index (χ3v) is 3.99. The Kier molecular flexibility index (Phi) is 3.16. The number of methoxy groups -OCH3 is 1. The number of hydrogen-bond donors (Lipinski definition) is 1. The van der Waals surface area contributed by atoms with Gasteiger partial charge in [-0.1, -0.05) is 13.8 Å². The largest absolute Gasteiger partial charge is 0.497 e. The van der Waals surface area contributed by atoms with E-state index < -0.39 is 0 Å². The normalized spacial score (nSPS) is 14.7. The van der Waals surface area contributed by atoms with Crippen molar-refractivity contribution in [3.63, 3.8) is 0 Å². The Morgan fingerprint density at radius 1 is 1.40 bits per heavy atom. The average molecular weight is 272 g/mol. The van der Waals surface area contributed by atoms with E-state index in [0.29, 0.717) is 6.54 Å². The minimum Gasteiger partial charge on any atom is -0.497 e. The lowest BCUT2D eigenvalue weighted by atomic mass is 10.0. The highest BCUT2D eigenvalue weighted by Gasteiger charge is 2.25. The second kappa shape index (κ2) is 4.85. The van der Waals surface area contributed by atoms with E-state index in [2.05, 4.69) is 11.1 Å². The molecule has 0 saturated heterocycles. The smallest absolute Gasteiger partial charge is 0.225 e. The van der Waals surface area contributed by atoms with E-state index in [0.717, 1.165) is 29.9 Å². The van der Waals surface area contributed by atoms with Crippen LogP contribution in [-0.2, 0) is 17.8 Å². The summed E-state index contributed by atoms with van der Waals surface area (Å²) in [4.78, 5) is 17.5. The van der Waals surface area contributed by atoms with Crippen molar-refractivity contribution < 1.29 is 9.53 Å². The zero-order valence-electron chi connectivity index (χ0n) is 12.2. The Hall–Kier alpha value is -1.97. The summed E-state index contributed by atoms with van der Waals surface area (Å²) in [5.41, 5.74) is 3.61. The highest BCUT2D eigenvalue weighted by atomic mass is 16.5. The van der Waals surface area contributed by atoms with E-state index in [-0.39, 0.29) is 11.8 Å². The highest BCUT2D eigenvalue weighted by Crippen LogP contribution is 2.30. The van der Waals surface area contributed by atoms with Crippen LogP contribution >= 0.6 is 0 Å². The number of H-pyrrole nitrogens is 1. The van der Waals surface area contributed by atoms with Crippen molar-refractivity contribution in [2.45, 2.75) is 26.8 Å². The predicted molar refractivity (Wildman–Crippen MR) is 78.8 cm³/mol. The lowest BCUT2D eigenvalue weighted by molar-refractivity contribution is -0.135. The SMILES string of the molecule is COc1ccc2[nH]c3c(c2c1)CCN(C(=O)C(C)C)C3. The second-order valence-corrected chi connectivity index (χ2v) is 5.66. The van der Waals surface area contributed by atoms with Gasteiger partial charge >= 0.3 is 0 Å². The number of aromatic amines is 1. The molecule has 4 heteroatoms. The third kappa shape index (κ3) is 2.05. The van der Waals surface area contributed by atoms with Crippen molar-refractivity contribution in [1.29, 1.82) is 0 Å². The first-order valence-corrected chi connectivity index (χ1v) is 7.06. The number of nitrogens with one attached hydrogen (secondary N) is 1. The van der Waals surface area contributed by atoms with Crippen molar-refractivity contribution in [2.75, 3.05) is 13.7 Å². The van der Waals surface area contributed by atoms with Gasteiger partial charge in [-0.3, -0.25) is 4.79 Å². The van der Waals surface area contributed by atoms with Crippen LogP contribution in [0.5, 0.6) is 5.75 Å². The summed E-state index contributed by atoms with van der Waals surface area (Å²) >= 11 is 0. The molecule has 0 aliphatic carbocycles. The van der Waals surface area contributed by atoms with Crippen molar-refractivity contribution in [3.05, 3.63) is 29.5 Å². The number of aromatic nitrogens is 1. The van der Waals surface area contributed by atoms with E-state index in [9.17, 15) is 4.79 Å². The van der Waals surface area contributed by atoms with E-state index in [1.165, 1.54) is 10.9 Å². The molecule has 0 bridgehead atoms. The van der Waals surface area contributed by atoms with Gasteiger partial charge in [-0.25, -0.2) is 0 Å². The van der Waals surface area contributed by atoms with Crippen LogP contribution in [-0.4, -0.2) is 29.4 Å². The summed E-state index contributed by atoms with van der Waals surface area (Å²) in [5.74, 6) is 1.16. The Balaban J connectivity index is 1.97. The molecule has 1 aromatic heterocycles. The fourth-order valence-corrected chi connectivity index (χ4v) is 2.90. The number of carbonyl (C=O) groups excluding carboxylic acids is 1. The van der Waals surface area contributed by atoms with Gasteiger partial charge in [0.2, 0.25) is 5.91 Å². The van der Waals surface area contributed by atoms with Crippen LogP contribution in [0.25, 0.3) is 10.9 Å². The number of carbonyl (C=O) groups is 1. The summed E-state index contributed by atoms with van der Waals surface area (Å²) in [7, 11) is 1.68. The quantitative estimate of drug-likeness (QED) is 0.913. The maximum Gasteiger partial charge on any atom is 0.225 e. The molecule has 1 N–H and O–H groups in total. The number of amides is 1. The third-order valence-electron chi connectivity index (χ3n) is 3.99. The zero-order valence-corrected chi connectivity index (χ0v) is 12.2. The Labute approximate surface area is 118 Å². The van der Waals surface area contributed by atoms with Crippen LogP contribution in [0.15, 0.2) is 18.2 Å². The first-order valence-electron chi connectivity index (χ1n) is 7.06. The zero-order chi connectivity index (χ0) is 14.3. The maximum absolute atomic E-state index is 12.1. The summed E-state index contributed by atoms with van der Waals surface area (Å²) in [6.45, 7) is 5.39. The molecular formula is C16H20N2O2. The van der Waals surface area contributed by atoms with Gasteiger partial charge in [-0.05, 0) is 30.2 Å². The Bertz CT molecular complexity index is 658. The van der Waals surface area contributed by atoms with Gasteiger partial charge in [0.25, 0.3) is 0 Å². The molecule has 0 unspecified atom stereocenters. The number of nitrogens with zero attached hydrogens (tertiary/aromatic N) is 1. The van der Waals surface area contributed by atoms with E-state index >= 15 is 0 Å². The summed E-state index contributed by atoms with van der Waals surface area (Å²) in [6.07, 6.45) is 0.904. The van der Waals surface area contributed by atoms with E-state index in [1.54, 1.807) is 7.11 Å². The Morgan fingerprint density at radius 3 is 2.90 bits per heavy atom. The van der Waals surface area contributed by atoms with Crippen LogP contribution in [0, 0.1) is 5.92 Å². The van der Waals surface area contributed by atoms with Crippen LogP contribution < -0.4 is 4.74 Å². The van der Waals surface area contributed by atoms with Gasteiger partial charge in [0.15, 0.2) is 0 Å². The molecule has 106 valence electrons. The molecule has 3 rings (SSSR count). The van der Waals surface area contributed by atoms with Crippen LogP contribution in [0.4, 0.5) is 0 Å². The molecule has 0 saturated carbocycles. The van der Waals surface area contributed by atoms with Crippen molar-refractivity contribution in [2.24, 2.45) is 5.92 Å². The summed E-state index contributed by atoms with van der Waals surface area (Å²) in [5, 5.41) is 1.22. The summed E-state index contributed by atoms with van der Waals surface area (Å²) in [6, 6.07) is 6.08. The number of ether oxygens (including phenoxy) is 1. The fraction of sp³-hybridized carbons (Fsp3) is 0.438. The van der Waals surface area contributed by atoms with Gasteiger partial charge in [0, 0.05) is 29.1 Å². The van der Waals surface area contributed by atoms with Crippen molar-refractivity contribution in [3.8, 4) is 5.75 Å². The van der Waals surface area contributed by atoms with E-state index in [4.69, 9.17) is 4.74 Å². The first kappa shape index (κ1) is 13.0. The van der Waals surface area contributed by atoms with Gasteiger partial charge in [0.1, 0.15) is 5.75 Å². The van der Waals surface area contributed by atoms with Crippen LogP contribution in [0.1, 0.15) is 25.1 Å². The second-order valence-electron chi connectivity index (χ2n) is 5.66. The minimum absolute atomic E-state index is 0.0565. The Morgan fingerprint density at radius 2 is 2.20 bits per heavy atom. The van der Waals surface area contributed by atoms with Crippen molar-refractivity contribution in [1.82, 2.24) is 9.88 Å². The molecule has 1 amide bonds. The molecule has 2 aromatic rings. The number of benzene rings is 1. The molecular weight excluding hydrogens is 252 g/mol. The molecule has 0 radical (unpaired) electrons. The molecule has 1 aliphatic heterocycles. The number of hydrogen-bond acceptors (Lipinski definition) is 2. The number of fused-ring (bicyclic) bond motifs is 3. The van der Waals surface area contributed by atoms with Gasteiger partial charge in [-0.15, -0.1) is 0 Å². The molecule has 1 aliphatic rings. The van der Waals surface area contributed by atoms with Gasteiger partial charge in [0.05, 0.1) is 13.7 Å². The van der Waals surface area contributed by atoms with Crippen molar-refractivity contribution >= 4 is 16.8 Å². The monoisotopic (exact) mass is 272 g/mol. The van der Waals surface area contributed by atoms with Gasteiger partial charge < -0.3 is 14.6 Å². The molecule has 2 heterocycles. The molecule has 0 fully saturated rings. The van der Waals surface area contributed by atoms with Crippen LogP contribution in [0.2, 0.25) is 0 Å². The predicted octanol–water partition coefficient (Wildman–Crippen LogP) is 2.72. The topological polar surface area (TPSA) is 45.3 Å². The standard InChI is InChI=1S/C16H20N2O2/c1-10(2)16(19)18-7-6-12-13-8-11(20-3)4-5-14(13)17-15(12)9-18/h4-5,8,10,17H,6-7,9H2,1-3H3. The summed E-state index contributed by atoms with van der Waals surface area (Å²) < 4.78 is 5.30. The van der Waals surface area contributed by atoms with Gasteiger partial charge in [-0.2, -0.15) is 0 Å². The molecule has 0 spiro atoms. The fourth-order valence-electron chi connectivity index (χ4n) is 2.90. The maximum atomic E-state index is 12.1. The lowest BCUT2D eigenvalue weighted by Crippen LogP contribution is -2.38. The highest BCUT2D eigenvalue weighted by molar-refractivity contribution is 5.87. The first-order chi connectivity index (χ1) is 9.60.